The minimum Gasteiger partial charge on any atom is -0.349 e. The first-order valence-corrected chi connectivity index (χ1v) is 6.38. The second kappa shape index (κ2) is 5.01. The Labute approximate surface area is 109 Å². The van der Waals surface area contributed by atoms with Crippen molar-refractivity contribution in [2.75, 3.05) is 11.9 Å². The molecule has 0 aliphatic carbocycles. The van der Waals surface area contributed by atoms with Crippen LogP contribution in [0.15, 0.2) is 22.8 Å². The van der Waals surface area contributed by atoms with Gasteiger partial charge in [0.2, 0.25) is 5.95 Å². The molecule has 0 fully saturated rings. The van der Waals surface area contributed by atoms with Crippen LogP contribution in [0.1, 0.15) is 13.8 Å². The van der Waals surface area contributed by atoms with Gasteiger partial charge in [0.05, 0.1) is 0 Å². The molecule has 0 aromatic carbocycles. The molecule has 1 unspecified atom stereocenters. The molecule has 0 saturated heterocycles. The third-order valence-electron chi connectivity index (χ3n) is 2.67. The van der Waals surface area contributed by atoms with Gasteiger partial charge in [0, 0.05) is 23.3 Å². The summed E-state index contributed by atoms with van der Waals surface area (Å²) in [5.74, 6) is 1.06. The zero-order valence-electron chi connectivity index (χ0n) is 9.89. The molecule has 0 aliphatic heterocycles. The van der Waals surface area contributed by atoms with Crippen LogP contribution in [0.25, 0.3) is 5.65 Å². The lowest BCUT2D eigenvalue weighted by Gasteiger charge is -2.18. The van der Waals surface area contributed by atoms with Gasteiger partial charge < -0.3 is 11.1 Å². The van der Waals surface area contributed by atoms with Gasteiger partial charge in [-0.25, -0.2) is 4.52 Å². The van der Waals surface area contributed by atoms with E-state index >= 15 is 0 Å². The van der Waals surface area contributed by atoms with E-state index in [-0.39, 0.29) is 6.04 Å². The van der Waals surface area contributed by atoms with Gasteiger partial charge in [-0.05, 0) is 34.0 Å². The number of fused-ring (bicyclic) bond motifs is 1. The maximum atomic E-state index is 5.71. The molecule has 0 radical (unpaired) electrons. The Morgan fingerprint density at radius 1 is 1.47 bits per heavy atom. The largest absolute Gasteiger partial charge is 0.349 e. The van der Waals surface area contributed by atoms with Gasteiger partial charge in [-0.15, -0.1) is 5.10 Å². The molecule has 0 bridgehead atoms. The molecule has 92 valence electrons. The van der Waals surface area contributed by atoms with Crippen molar-refractivity contribution in [3.63, 3.8) is 0 Å². The van der Waals surface area contributed by atoms with Crippen LogP contribution >= 0.6 is 15.9 Å². The van der Waals surface area contributed by atoms with Gasteiger partial charge in [-0.2, -0.15) is 4.98 Å². The fourth-order valence-electron chi connectivity index (χ4n) is 1.58. The highest BCUT2D eigenvalue weighted by atomic mass is 79.9. The molecule has 2 heterocycles. The molecule has 0 spiro atoms. The molecule has 5 nitrogen and oxygen atoms in total. The SMILES string of the molecule is CC(C)C(CN)Nc1nc2ccc(Br)cn2n1. The van der Waals surface area contributed by atoms with Crippen molar-refractivity contribution < 1.29 is 0 Å². The molecule has 0 saturated carbocycles. The summed E-state index contributed by atoms with van der Waals surface area (Å²) >= 11 is 3.40. The Morgan fingerprint density at radius 3 is 2.88 bits per heavy atom. The molecule has 0 aliphatic rings. The minimum atomic E-state index is 0.191. The number of hydrogen-bond donors (Lipinski definition) is 2. The van der Waals surface area contributed by atoms with Gasteiger partial charge in [0.25, 0.3) is 0 Å². The predicted molar refractivity (Wildman–Crippen MR) is 72.0 cm³/mol. The quantitative estimate of drug-likeness (QED) is 0.904. The normalized spacial score (nSPS) is 13.2. The summed E-state index contributed by atoms with van der Waals surface area (Å²) in [7, 11) is 0. The van der Waals surface area contributed by atoms with Gasteiger partial charge in [-0.1, -0.05) is 13.8 Å². The Balaban J connectivity index is 2.24. The van der Waals surface area contributed by atoms with Crippen molar-refractivity contribution in [2.24, 2.45) is 11.7 Å². The summed E-state index contributed by atoms with van der Waals surface area (Å²) in [5, 5.41) is 7.61. The van der Waals surface area contributed by atoms with Crippen molar-refractivity contribution in [3.8, 4) is 0 Å². The van der Waals surface area contributed by atoms with Crippen LogP contribution in [0, 0.1) is 5.92 Å². The van der Waals surface area contributed by atoms with Crippen molar-refractivity contribution in [2.45, 2.75) is 19.9 Å². The predicted octanol–water partition coefficient (Wildman–Crippen LogP) is 1.89. The highest BCUT2D eigenvalue weighted by molar-refractivity contribution is 9.10. The maximum Gasteiger partial charge on any atom is 0.243 e. The molecule has 17 heavy (non-hydrogen) atoms. The minimum absolute atomic E-state index is 0.191. The molecule has 6 heteroatoms. The number of nitrogens with two attached hydrogens (primary N) is 1. The number of nitrogens with one attached hydrogen (secondary N) is 1. The number of rotatable bonds is 4. The standard InChI is InChI=1S/C11H16BrN5/c1-7(2)9(5-13)14-11-15-10-4-3-8(12)6-17(10)16-11/h3-4,6-7,9H,5,13H2,1-2H3,(H,14,16). The number of hydrogen-bond acceptors (Lipinski definition) is 4. The van der Waals surface area contributed by atoms with Crippen LogP contribution in [0.3, 0.4) is 0 Å². The summed E-state index contributed by atoms with van der Waals surface area (Å²) in [6.45, 7) is 4.81. The summed E-state index contributed by atoms with van der Waals surface area (Å²) in [6, 6.07) is 4.04. The van der Waals surface area contributed by atoms with Crippen molar-refractivity contribution in [3.05, 3.63) is 22.8 Å². The van der Waals surface area contributed by atoms with Gasteiger partial charge in [-0.3, -0.25) is 0 Å². The highest BCUT2D eigenvalue weighted by Crippen LogP contribution is 2.13. The zero-order chi connectivity index (χ0) is 12.4. The fourth-order valence-corrected chi connectivity index (χ4v) is 1.91. The first-order valence-electron chi connectivity index (χ1n) is 5.58. The summed E-state index contributed by atoms with van der Waals surface area (Å²) < 4.78 is 2.71. The maximum absolute atomic E-state index is 5.71. The lowest BCUT2D eigenvalue weighted by Crippen LogP contribution is -2.34. The van der Waals surface area contributed by atoms with Crippen LogP contribution in [0.2, 0.25) is 0 Å². The fraction of sp³-hybridized carbons (Fsp3) is 0.455. The summed E-state index contributed by atoms with van der Waals surface area (Å²) in [6.07, 6.45) is 1.88. The smallest absolute Gasteiger partial charge is 0.243 e. The molecule has 0 amide bonds. The van der Waals surface area contributed by atoms with Crippen LogP contribution in [-0.4, -0.2) is 27.2 Å². The van der Waals surface area contributed by atoms with E-state index in [4.69, 9.17) is 5.73 Å². The van der Waals surface area contributed by atoms with E-state index in [1.807, 2.05) is 18.3 Å². The summed E-state index contributed by atoms with van der Waals surface area (Å²) in [5.41, 5.74) is 6.52. The first-order chi connectivity index (χ1) is 8.10. The van der Waals surface area contributed by atoms with Crippen LogP contribution in [0.4, 0.5) is 5.95 Å². The third-order valence-corrected chi connectivity index (χ3v) is 3.14. The highest BCUT2D eigenvalue weighted by Gasteiger charge is 2.13. The van der Waals surface area contributed by atoms with E-state index in [2.05, 4.69) is 45.2 Å². The Morgan fingerprint density at radius 2 is 2.24 bits per heavy atom. The van der Waals surface area contributed by atoms with Gasteiger partial charge in [0.15, 0.2) is 5.65 Å². The zero-order valence-corrected chi connectivity index (χ0v) is 11.5. The number of nitrogens with zero attached hydrogens (tertiary/aromatic N) is 3. The Hall–Kier alpha value is -1.14. The van der Waals surface area contributed by atoms with Crippen LogP contribution < -0.4 is 11.1 Å². The van der Waals surface area contributed by atoms with Gasteiger partial charge in [0.1, 0.15) is 0 Å². The third kappa shape index (κ3) is 2.76. The van der Waals surface area contributed by atoms with E-state index in [1.54, 1.807) is 4.52 Å². The van der Waals surface area contributed by atoms with E-state index in [9.17, 15) is 0 Å². The first kappa shape index (κ1) is 12.3. The Kier molecular flexibility index (Phi) is 3.63. The second-order valence-corrected chi connectivity index (χ2v) is 5.23. The lowest BCUT2D eigenvalue weighted by molar-refractivity contribution is 0.528. The van der Waals surface area contributed by atoms with Crippen molar-refractivity contribution >= 4 is 27.5 Å². The van der Waals surface area contributed by atoms with E-state index < -0.39 is 0 Å². The molecular formula is C11H16BrN5. The lowest BCUT2D eigenvalue weighted by atomic mass is 10.1. The van der Waals surface area contributed by atoms with E-state index in [1.165, 1.54) is 0 Å². The average molecular weight is 298 g/mol. The van der Waals surface area contributed by atoms with E-state index in [0.29, 0.717) is 18.4 Å². The molecule has 2 aromatic heterocycles. The number of aromatic nitrogens is 3. The monoisotopic (exact) mass is 297 g/mol. The average Bonchev–Trinajstić information content (AvgIpc) is 2.66. The van der Waals surface area contributed by atoms with Gasteiger partial charge >= 0.3 is 0 Å². The van der Waals surface area contributed by atoms with Crippen molar-refractivity contribution in [1.29, 1.82) is 0 Å². The van der Waals surface area contributed by atoms with Crippen molar-refractivity contribution in [1.82, 2.24) is 14.6 Å². The molecule has 1 atom stereocenters. The molecule has 2 rings (SSSR count). The van der Waals surface area contributed by atoms with E-state index in [0.717, 1.165) is 10.1 Å². The molecule has 3 N–H and O–H groups in total. The van der Waals surface area contributed by atoms with Crippen LogP contribution in [0.5, 0.6) is 0 Å². The topological polar surface area (TPSA) is 68.2 Å². The second-order valence-electron chi connectivity index (χ2n) is 4.32. The Bertz CT molecular complexity index is 508. The molecular weight excluding hydrogens is 282 g/mol. The summed E-state index contributed by atoms with van der Waals surface area (Å²) in [4.78, 5) is 4.39. The van der Waals surface area contributed by atoms with Crippen LogP contribution in [-0.2, 0) is 0 Å². The number of anilines is 1. The number of pyridine rings is 1. The molecule has 2 aromatic rings. The number of halogens is 1.